The fourth-order valence-electron chi connectivity index (χ4n) is 1.78. The predicted octanol–water partition coefficient (Wildman–Crippen LogP) is 2.51. The van der Waals surface area contributed by atoms with Gasteiger partial charge in [0.2, 0.25) is 0 Å². The van der Waals surface area contributed by atoms with Gasteiger partial charge in [0, 0.05) is 13.1 Å². The van der Waals surface area contributed by atoms with Gasteiger partial charge in [0.15, 0.2) is 0 Å². The van der Waals surface area contributed by atoms with Gasteiger partial charge in [-0.2, -0.15) is 5.26 Å². The van der Waals surface area contributed by atoms with Crippen LogP contribution >= 0.6 is 0 Å². The van der Waals surface area contributed by atoms with Gasteiger partial charge >= 0.3 is 0 Å². The topological polar surface area (TPSA) is 53.0 Å². The highest BCUT2D eigenvalue weighted by Gasteiger charge is 2.21. The maximum absolute atomic E-state index is 13.9. The number of anilines is 1. The summed E-state index contributed by atoms with van der Waals surface area (Å²) in [5.41, 5.74) is 6.50. The Kier molecular flexibility index (Phi) is 4.69. The number of halogens is 1. The van der Waals surface area contributed by atoms with Gasteiger partial charge in [-0.05, 0) is 37.1 Å². The van der Waals surface area contributed by atoms with Crippen molar-refractivity contribution in [3.8, 4) is 6.07 Å². The molecule has 0 unspecified atom stereocenters. The van der Waals surface area contributed by atoms with E-state index >= 15 is 0 Å². The Balaban J connectivity index is 3.00. The number of hydrogen-bond acceptors (Lipinski definition) is 3. The Morgan fingerprint density at radius 2 is 2.11 bits per heavy atom. The molecule has 0 saturated carbocycles. The minimum Gasteiger partial charge on any atom is -0.369 e. The van der Waals surface area contributed by atoms with Crippen molar-refractivity contribution in [2.75, 3.05) is 24.5 Å². The molecule has 0 aliphatic heterocycles. The minimum atomic E-state index is -0.358. The number of rotatable bonds is 5. The van der Waals surface area contributed by atoms with Gasteiger partial charge in [0.1, 0.15) is 5.82 Å². The summed E-state index contributed by atoms with van der Waals surface area (Å²) in [6, 6.07) is 6.50. The Bertz CT molecular complexity index is 449. The Labute approximate surface area is 108 Å². The first-order valence-electron chi connectivity index (χ1n) is 6.08. The molecule has 18 heavy (non-hydrogen) atoms. The Morgan fingerprint density at radius 3 is 2.56 bits per heavy atom. The molecule has 0 fully saturated rings. The van der Waals surface area contributed by atoms with Crippen LogP contribution in [0, 0.1) is 22.6 Å². The van der Waals surface area contributed by atoms with Gasteiger partial charge in [-0.1, -0.05) is 13.8 Å². The fraction of sp³-hybridized carbons (Fsp3) is 0.500. The summed E-state index contributed by atoms with van der Waals surface area (Å²) in [4.78, 5) is 1.95. The fourth-order valence-corrected chi connectivity index (χ4v) is 1.78. The van der Waals surface area contributed by atoms with Crippen molar-refractivity contribution in [1.29, 1.82) is 5.26 Å². The summed E-state index contributed by atoms with van der Waals surface area (Å²) in [7, 11) is 0. The second-order valence-corrected chi connectivity index (χ2v) is 5.16. The third-order valence-electron chi connectivity index (χ3n) is 2.97. The highest BCUT2D eigenvalue weighted by molar-refractivity contribution is 5.51. The molecule has 0 atom stereocenters. The molecule has 98 valence electrons. The first kappa shape index (κ1) is 14.5. The van der Waals surface area contributed by atoms with E-state index in [0.29, 0.717) is 30.9 Å². The van der Waals surface area contributed by atoms with Crippen LogP contribution in [0.5, 0.6) is 0 Å². The molecule has 0 radical (unpaired) electrons. The summed E-state index contributed by atoms with van der Waals surface area (Å²) >= 11 is 0. The number of nitrogens with zero attached hydrogens (tertiary/aromatic N) is 2. The van der Waals surface area contributed by atoms with Gasteiger partial charge in [-0.3, -0.25) is 0 Å². The quantitative estimate of drug-likeness (QED) is 0.872. The average Bonchev–Trinajstić information content (AvgIpc) is 2.36. The van der Waals surface area contributed by atoms with E-state index in [-0.39, 0.29) is 11.2 Å². The number of hydrogen-bond donors (Lipinski definition) is 1. The lowest BCUT2D eigenvalue weighted by molar-refractivity contribution is 0.378. The van der Waals surface area contributed by atoms with E-state index in [0.717, 1.165) is 0 Å². The molecule has 0 aliphatic rings. The maximum Gasteiger partial charge on any atom is 0.147 e. The highest BCUT2D eigenvalue weighted by atomic mass is 19.1. The Hall–Kier alpha value is -1.60. The van der Waals surface area contributed by atoms with E-state index in [4.69, 9.17) is 11.0 Å². The van der Waals surface area contributed by atoms with Crippen molar-refractivity contribution in [2.24, 2.45) is 11.1 Å². The van der Waals surface area contributed by atoms with Crippen LogP contribution in [0.25, 0.3) is 0 Å². The number of nitriles is 1. The van der Waals surface area contributed by atoms with E-state index in [1.54, 1.807) is 12.1 Å². The van der Waals surface area contributed by atoms with E-state index in [9.17, 15) is 4.39 Å². The van der Waals surface area contributed by atoms with Gasteiger partial charge in [0.25, 0.3) is 0 Å². The summed E-state index contributed by atoms with van der Waals surface area (Å²) in [5.74, 6) is -0.358. The van der Waals surface area contributed by atoms with Gasteiger partial charge in [-0.15, -0.1) is 0 Å². The predicted molar refractivity (Wildman–Crippen MR) is 71.8 cm³/mol. The van der Waals surface area contributed by atoms with Crippen molar-refractivity contribution in [3.63, 3.8) is 0 Å². The van der Waals surface area contributed by atoms with Crippen molar-refractivity contribution in [2.45, 2.75) is 20.8 Å². The SMILES string of the molecule is CCN(CC(C)(C)CN)c1ccc(C#N)cc1F. The summed E-state index contributed by atoms with van der Waals surface area (Å²) in [6.45, 7) is 8.01. The van der Waals surface area contributed by atoms with E-state index < -0.39 is 0 Å². The zero-order valence-corrected chi connectivity index (χ0v) is 11.2. The monoisotopic (exact) mass is 249 g/mol. The molecule has 4 heteroatoms. The minimum absolute atomic E-state index is 0.0731. The third-order valence-corrected chi connectivity index (χ3v) is 2.97. The lowest BCUT2D eigenvalue weighted by Gasteiger charge is -2.32. The first-order chi connectivity index (χ1) is 8.43. The molecule has 2 N–H and O–H groups in total. The third kappa shape index (κ3) is 3.44. The second kappa shape index (κ2) is 5.83. The van der Waals surface area contributed by atoms with Crippen LogP contribution in [-0.4, -0.2) is 19.6 Å². The van der Waals surface area contributed by atoms with Crippen LogP contribution in [-0.2, 0) is 0 Å². The summed E-state index contributed by atoms with van der Waals surface area (Å²) in [6.07, 6.45) is 0. The molecule has 0 aliphatic carbocycles. The van der Waals surface area contributed by atoms with Crippen LogP contribution < -0.4 is 10.6 Å². The molecule has 3 nitrogen and oxygen atoms in total. The molecule has 0 amide bonds. The van der Waals surface area contributed by atoms with Crippen molar-refractivity contribution in [1.82, 2.24) is 0 Å². The zero-order valence-electron chi connectivity index (χ0n) is 11.2. The largest absolute Gasteiger partial charge is 0.369 e. The van der Waals surface area contributed by atoms with Crippen molar-refractivity contribution >= 4 is 5.69 Å². The number of benzene rings is 1. The molecule has 1 rings (SSSR count). The highest BCUT2D eigenvalue weighted by Crippen LogP contribution is 2.24. The van der Waals surface area contributed by atoms with Crippen LogP contribution in [0.4, 0.5) is 10.1 Å². The van der Waals surface area contributed by atoms with Gasteiger partial charge in [0.05, 0.1) is 17.3 Å². The molecular formula is C14H20FN3. The van der Waals surface area contributed by atoms with Crippen molar-refractivity contribution in [3.05, 3.63) is 29.6 Å². The lowest BCUT2D eigenvalue weighted by Crippen LogP contribution is -2.39. The molecule has 0 aromatic heterocycles. The average molecular weight is 249 g/mol. The molecule has 0 bridgehead atoms. The van der Waals surface area contributed by atoms with E-state index in [1.165, 1.54) is 6.07 Å². The van der Waals surface area contributed by atoms with Crippen LogP contribution in [0.3, 0.4) is 0 Å². The lowest BCUT2D eigenvalue weighted by atomic mass is 9.93. The standard InChI is InChI=1S/C14H20FN3/c1-4-18(10-14(2,3)9-17)13-6-5-11(8-16)7-12(13)15/h5-7H,4,9-10,17H2,1-3H3. The molecule has 0 spiro atoms. The van der Waals surface area contributed by atoms with E-state index in [1.807, 2.05) is 17.9 Å². The molecule has 1 aromatic rings. The summed E-state index contributed by atoms with van der Waals surface area (Å²) in [5, 5.41) is 8.73. The molecular weight excluding hydrogens is 229 g/mol. The van der Waals surface area contributed by atoms with Crippen LogP contribution in [0.15, 0.2) is 18.2 Å². The van der Waals surface area contributed by atoms with Crippen LogP contribution in [0.2, 0.25) is 0 Å². The second-order valence-electron chi connectivity index (χ2n) is 5.16. The Morgan fingerprint density at radius 1 is 1.44 bits per heavy atom. The molecule has 0 saturated heterocycles. The smallest absolute Gasteiger partial charge is 0.147 e. The number of nitrogens with two attached hydrogens (primary N) is 1. The van der Waals surface area contributed by atoms with Gasteiger partial charge in [-0.25, -0.2) is 4.39 Å². The molecule has 1 aromatic carbocycles. The van der Waals surface area contributed by atoms with Crippen molar-refractivity contribution < 1.29 is 4.39 Å². The summed E-state index contributed by atoms with van der Waals surface area (Å²) < 4.78 is 13.9. The zero-order chi connectivity index (χ0) is 13.8. The first-order valence-corrected chi connectivity index (χ1v) is 6.08. The van der Waals surface area contributed by atoms with E-state index in [2.05, 4.69) is 13.8 Å². The molecule has 0 heterocycles. The normalized spacial score (nSPS) is 11.1. The van der Waals surface area contributed by atoms with Gasteiger partial charge < -0.3 is 10.6 Å². The van der Waals surface area contributed by atoms with Crippen LogP contribution in [0.1, 0.15) is 26.3 Å². The maximum atomic E-state index is 13.9.